The molecule has 76 valence electrons. The monoisotopic (exact) mass is 224 g/mol. The summed E-state index contributed by atoms with van der Waals surface area (Å²) in [6, 6.07) is 1.55. The molecule has 0 spiro atoms. The van der Waals surface area contributed by atoms with Crippen LogP contribution in [0.5, 0.6) is 0 Å². The predicted octanol–water partition coefficient (Wildman–Crippen LogP) is 1.09. The first-order valence-corrected chi connectivity index (χ1v) is 4.69. The highest BCUT2D eigenvalue weighted by molar-refractivity contribution is 7.16. The van der Waals surface area contributed by atoms with Crippen molar-refractivity contribution in [2.75, 3.05) is 0 Å². The molecule has 2 heterocycles. The fourth-order valence-corrected chi connectivity index (χ4v) is 1.88. The van der Waals surface area contributed by atoms with Gasteiger partial charge in [0.2, 0.25) is 5.82 Å². The van der Waals surface area contributed by atoms with Crippen LogP contribution in [-0.2, 0) is 0 Å². The highest BCUT2D eigenvalue weighted by Crippen LogP contribution is 2.21. The second kappa shape index (κ2) is 3.28. The summed E-state index contributed by atoms with van der Waals surface area (Å²) in [4.78, 5) is 29.0. The van der Waals surface area contributed by atoms with Crippen LogP contribution in [0.3, 0.4) is 0 Å². The molecule has 2 N–H and O–H groups in total. The Balaban J connectivity index is 2.80. The summed E-state index contributed by atoms with van der Waals surface area (Å²) in [5.74, 6) is -3.10. The molecular formula is C8H4N2O4S. The van der Waals surface area contributed by atoms with Crippen LogP contribution in [0, 0.1) is 0 Å². The van der Waals surface area contributed by atoms with Crippen LogP contribution < -0.4 is 0 Å². The maximum absolute atomic E-state index is 10.8. The molecule has 0 saturated carbocycles. The zero-order valence-corrected chi connectivity index (χ0v) is 7.98. The zero-order valence-electron chi connectivity index (χ0n) is 7.17. The number of carbonyl (C=O) groups is 2. The molecule has 0 unspecified atom stereocenters. The van der Waals surface area contributed by atoms with Gasteiger partial charge in [0.1, 0.15) is 4.83 Å². The molecule has 0 saturated heterocycles. The second-order valence-electron chi connectivity index (χ2n) is 2.65. The topological polar surface area (TPSA) is 100 Å². The summed E-state index contributed by atoms with van der Waals surface area (Å²) in [5.41, 5.74) is -0.279. The number of hydrogen-bond acceptors (Lipinski definition) is 5. The highest BCUT2D eigenvalue weighted by Gasteiger charge is 2.17. The molecule has 15 heavy (non-hydrogen) atoms. The van der Waals surface area contributed by atoms with Crippen molar-refractivity contribution < 1.29 is 19.8 Å². The van der Waals surface area contributed by atoms with Crippen molar-refractivity contribution in [2.24, 2.45) is 0 Å². The molecule has 2 aromatic heterocycles. The minimum Gasteiger partial charge on any atom is -0.476 e. The van der Waals surface area contributed by atoms with Crippen LogP contribution in [0.2, 0.25) is 0 Å². The lowest BCUT2D eigenvalue weighted by Crippen LogP contribution is -2.09. The van der Waals surface area contributed by atoms with Crippen molar-refractivity contribution in [1.82, 2.24) is 9.97 Å². The van der Waals surface area contributed by atoms with Gasteiger partial charge in [-0.2, -0.15) is 0 Å². The standard InChI is InChI=1S/C8H4N2O4S/c11-7(12)4-3-1-2-15-6(3)10-5(9-4)8(13)14/h1-2H,(H,11,12)(H,13,14). The van der Waals surface area contributed by atoms with Gasteiger partial charge in [0.25, 0.3) is 0 Å². The molecule has 0 bridgehead atoms. The third-order valence-corrected chi connectivity index (χ3v) is 2.53. The van der Waals surface area contributed by atoms with E-state index < -0.39 is 17.8 Å². The van der Waals surface area contributed by atoms with Gasteiger partial charge in [0.15, 0.2) is 5.69 Å². The van der Waals surface area contributed by atoms with Gasteiger partial charge in [0.05, 0.1) is 0 Å². The van der Waals surface area contributed by atoms with E-state index in [-0.39, 0.29) is 5.69 Å². The van der Waals surface area contributed by atoms with Gasteiger partial charge in [-0.3, -0.25) is 0 Å². The molecule has 0 radical (unpaired) electrons. The molecule has 2 aromatic rings. The summed E-state index contributed by atoms with van der Waals surface area (Å²) < 4.78 is 0. The smallest absolute Gasteiger partial charge is 0.374 e. The Bertz CT molecular complexity index is 563. The second-order valence-corrected chi connectivity index (χ2v) is 3.54. The zero-order chi connectivity index (χ0) is 11.0. The normalized spacial score (nSPS) is 10.4. The van der Waals surface area contributed by atoms with Gasteiger partial charge >= 0.3 is 11.9 Å². The number of fused-ring (bicyclic) bond motifs is 1. The number of hydrogen-bond donors (Lipinski definition) is 2. The summed E-state index contributed by atoms with van der Waals surface area (Å²) in [6.45, 7) is 0. The van der Waals surface area contributed by atoms with Crippen LogP contribution in [-0.4, -0.2) is 32.1 Å². The largest absolute Gasteiger partial charge is 0.476 e. The minimum atomic E-state index is -1.34. The molecule has 0 aliphatic carbocycles. The van der Waals surface area contributed by atoms with Crippen LogP contribution in [0.4, 0.5) is 0 Å². The quantitative estimate of drug-likeness (QED) is 0.791. The molecule has 0 amide bonds. The van der Waals surface area contributed by atoms with Crippen LogP contribution in [0.1, 0.15) is 21.1 Å². The van der Waals surface area contributed by atoms with Gasteiger partial charge < -0.3 is 10.2 Å². The summed E-state index contributed by atoms with van der Waals surface area (Å²) >= 11 is 1.17. The molecule has 0 fully saturated rings. The van der Waals surface area contributed by atoms with Crippen molar-refractivity contribution >= 4 is 33.5 Å². The van der Waals surface area contributed by atoms with Crippen molar-refractivity contribution in [1.29, 1.82) is 0 Å². The SMILES string of the molecule is O=C(O)c1nc(C(=O)O)c2ccsc2n1. The lowest BCUT2D eigenvalue weighted by Gasteiger charge is -1.98. The van der Waals surface area contributed by atoms with E-state index in [1.54, 1.807) is 11.4 Å². The van der Waals surface area contributed by atoms with Gasteiger partial charge in [-0.25, -0.2) is 19.6 Å². The predicted molar refractivity (Wildman–Crippen MR) is 51.3 cm³/mol. The van der Waals surface area contributed by atoms with E-state index in [0.717, 1.165) is 0 Å². The van der Waals surface area contributed by atoms with E-state index in [9.17, 15) is 9.59 Å². The van der Waals surface area contributed by atoms with E-state index in [2.05, 4.69) is 9.97 Å². The number of aromatic nitrogens is 2. The maximum Gasteiger partial charge on any atom is 0.374 e. The van der Waals surface area contributed by atoms with Crippen LogP contribution in [0.25, 0.3) is 10.2 Å². The molecule has 7 heteroatoms. The van der Waals surface area contributed by atoms with Crippen molar-refractivity contribution in [3.63, 3.8) is 0 Å². The van der Waals surface area contributed by atoms with E-state index >= 15 is 0 Å². The van der Waals surface area contributed by atoms with Crippen LogP contribution >= 0.6 is 11.3 Å². The number of carboxylic acids is 2. The van der Waals surface area contributed by atoms with Crippen LogP contribution in [0.15, 0.2) is 11.4 Å². The molecule has 0 aliphatic heterocycles. The number of carboxylic acid groups (broad SMARTS) is 2. The van der Waals surface area contributed by atoms with E-state index in [1.165, 1.54) is 11.3 Å². The third-order valence-electron chi connectivity index (χ3n) is 1.72. The molecule has 0 aromatic carbocycles. The highest BCUT2D eigenvalue weighted by atomic mass is 32.1. The lowest BCUT2D eigenvalue weighted by molar-refractivity contribution is 0.0681. The van der Waals surface area contributed by atoms with Crippen molar-refractivity contribution in [2.45, 2.75) is 0 Å². The molecule has 2 rings (SSSR count). The average Bonchev–Trinajstić information content (AvgIpc) is 2.62. The number of thiophene rings is 1. The van der Waals surface area contributed by atoms with Gasteiger partial charge in [-0.05, 0) is 11.4 Å². The number of nitrogens with zero attached hydrogens (tertiary/aromatic N) is 2. The van der Waals surface area contributed by atoms with Gasteiger partial charge in [-0.1, -0.05) is 0 Å². The Morgan fingerprint density at radius 1 is 1.20 bits per heavy atom. The Morgan fingerprint density at radius 2 is 1.93 bits per heavy atom. The lowest BCUT2D eigenvalue weighted by atomic mass is 10.3. The molecule has 0 atom stereocenters. The summed E-state index contributed by atoms with van der Waals surface area (Å²) in [5, 5.41) is 19.5. The number of aromatic carboxylic acids is 2. The average molecular weight is 224 g/mol. The molecule has 0 aliphatic rings. The Labute approximate surface area is 86.8 Å². The maximum atomic E-state index is 10.8. The van der Waals surface area contributed by atoms with Crippen molar-refractivity contribution in [3.8, 4) is 0 Å². The fraction of sp³-hybridized carbons (Fsp3) is 0. The van der Waals surface area contributed by atoms with E-state index in [4.69, 9.17) is 10.2 Å². The number of rotatable bonds is 2. The fourth-order valence-electron chi connectivity index (χ4n) is 1.11. The Hall–Kier alpha value is -2.02. The summed E-state index contributed by atoms with van der Waals surface area (Å²) in [6.07, 6.45) is 0. The van der Waals surface area contributed by atoms with E-state index in [0.29, 0.717) is 10.2 Å². The minimum absolute atomic E-state index is 0.279. The van der Waals surface area contributed by atoms with Gasteiger partial charge in [0, 0.05) is 5.39 Å². The first kappa shape index (κ1) is 9.53. The third kappa shape index (κ3) is 1.52. The first-order valence-electron chi connectivity index (χ1n) is 3.81. The summed E-state index contributed by atoms with van der Waals surface area (Å²) in [7, 11) is 0. The Kier molecular flexibility index (Phi) is 2.09. The van der Waals surface area contributed by atoms with Crippen molar-refractivity contribution in [3.05, 3.63) is 23.0 Å². The Morgan fingerprint density at radius 3 is 2.53 bits per heavy atom. The molecule has 6 nitrogen and oxygen atoms in total. The first-order chi connectivity index (χ1) is 7.09. The van der Waals surface area contributed by atoms with Gasteiger partial charge in [-0.15, -0.1) is 11.3 Å². The van der Waals surface area contributed by atoms with E-state index in [1.807, 2.05) is 0 Å². The molecular weight excluding hydrogens is 220 g/mol.